The molecule has 1 aromatic rings. The molecule has 0 aromatic heterocycles. The van der Waals surface area contributed by atoms with Crippen molar-refractivity contribution in [1.82, 2.24) is 16.0 Å². The Bertz CT molecular complexity index is 902. The third kappa shape index (κ3) is 11.2. The smallest absolute Gasteiger partial charge is 0.322 e. The van der Waals surface area contributed by atoms with Crippen molar-refractivity contribution in [2.24, 2.45) is 22.2 Å². The number of nitrogens with two attached hydrogens (primary N) is 3. The van der Waals surface area contributed by atoms with Gasteiger partial charge in [-0.05, 0) is 37.5 Å². The van der Waals surface area contributed by atoms with Crippen LogP contribution in [0.4, 0.5) is 0 Å². The molecule has 4 atom stereocenters. The molecule has 14 nitrogen and oxygen atoms in total. The van der Waals surface area contributed by atoms with Gasteiger partial charge >= 0.3 is 5.97 Å². The van der Waals surface area contributed by atoms with E-state index in [1.165, 1.54) is 31.2 Å². The Kier molecular flexibility index (Phi) is 12.0. The standard InChI is InChI=1S/C21H33N7O7/c1-11(29)17(28-18(33)14(22)3-2-8-25-21(23)24)20(35)27-15(19(34)26-10-16(31)32)9-12-4-6-13(30)7-5-12/h4-7,11,14-15,17,29-30H,2-3,8-10,22H2,1H3,(H,26,34)(H,27,35)(H,28,33)(H,31,32)(H4,23,24,25). The molecule has 0 spiro atoms. The van der Waals surface area contributed by atoms with Gasteiger partial charge in [-0.2, -0.15) is 0 Å². The molecule has 0 fully saturated rings. The summed E-state index contributed by atoms with van der Waals surface area (Å²) in [7, 11) is 0. The van der Waals surface area contributed by atoms with E-state index in [1.807, 2.05) is 0 Å². The van der Waals surface area contributed by atoms with E-state index in [2.05, 4.69) is 20.9 Å². The number of hydrogen-bond donors (Lipinski definition) is 9. The third-order valence-corrected chi connectivity index (χ3v) is 4.79. The Morgan fingerprint density at radius 1 is 1.03 bits per heavy atom. The molecule has 35 heavy (non-hydrogen) atoms. The maximum absolute atomic E-state index is 12.9. The van der Waals surface area contributed by atoms with E-state index in [4.69, 9.17) is 22.3 Å². The molecule has 0 saturated carbocycles. The Labute approximate surface area is 201 Å². The lowest BCUT2D eigenvalue weighted by molar-refractivity contribution is -0.138. The average molecular weight is 496 g/mol. The van der Waals surface area contributed by atoms with Crippen LogP contribution in [0.15, 0.2) is 29.3 Å². The minimum absolute atomic E-state index is 0.00353. The summed E-state index contributed by atoms with van der Waals surface area (Å²) in [6.45, 7) is 0.856. The predicted octanol–water partition coefficient (Wildman–Crippen LogP) is -3.13. The van der Waals surface area contributed by atoms with Gasteiger partial charge in [0.25, 0.3) is 0 Å². The molecule has 4 unspecified atom stereocenters. The van der Waals surface area contributed by atoms with Gasteiger partial charge in [-0.1, -0.05) is 12.1 Å². The molecule has 0 bridgehead atoms. The van der Waals surface area contributed by atoms with Crippen LogP contribution < -0.4 is 33.2 Å². The number of aromatic hydroxyl groups is 1. The molecule has 0 aliphatic carbocycles. The number of aliphatic hydroxyl groups excluding tert-OH is 1. The van der Waals surface area contributed by atoms with E-state index in [1.54, 1.807) is 0 Å². The first-order valence-electron chi connectivity index (χ1n) is 10.8. The van der Waals surface area contributed by atoms with Crippen LogP contribution >= 0.6 is 0 Å². The molecule has 0 radical (unpaired) electrons. The van der Waals surface area contributed by atoms with E-state index in [9.17, 15) is 29.4 Å². The van der Waals surface area contributed by atoms with Crippen molar-refractivity contribution < 1.29 is 34.5 Å². The van der Waals surface area contributed by atoms with Crippen molar-refractivity contribution in [2.45, 2.75) is 50.4 Å². The number of carboxylic acid groups (broad SMARTS) is 1. The van der Waals surface area contributed by atoms with Crippen molar-refractivity contribution >= 4 is 29.7 Å². The van der Waals surface area contributed by atoms with Gasteiger partial charge in [0.15, 0.2) is 5.96 Å². The summed E-state index contributed by atoms with van der Waals surface area (Å²) in [5.41, 5.74) is 16.8. The highest BCUT2D eigenvalue weighted by molar-refractivity contribution is 5.94. The van der Waals surface area contributed by atoms with Crippen molar-refractivity contribution in [1.29, 1.82) is 0 Å². The molecule has 194 valence electrons. The number of carbonyl (C=O) groups excluding carboxylic acids is 3. The number of aliphatic imine (C=N–C) groups is 1. The van der Waals surface area contributed by atoms with E-state index in [0.29, 0.717) is 12.0 Å². The van der Waals surface area contributed by atoms with Gasteiger partial charge in [-0.15, -0.1) is 0 Å². The van der Waals surface area contributed by atoms with Crippen LogP contribution in [-0.4, -0.2) is 82.3 Å². The lowest BCUT2D eigenvalue weighted by Gasteiger charge is -2.25. The highest BCUT2D eigenvalue weighted by Gasteiger charge is 2.31. The van der Waals surface area contributed by atoms with E-state index >= 15 is 0 Å². The number of carboxylic acids is 1. The summed E-state index contributed by atoms with van der Waals surface area (Å²) in [5, 5.41) is 35.3. The minimum Gasteiger partial charge on any atom is -0.508 e. The number of amides is 3. The van der Waals surface area contributed by atoms with Gasteiger partial charge in [0, 0.05) is 13.0 Å². The molecular formula is C21H33N7O7. The molecule has 0 saturated heterocycles. The first-order chi connectivity index (χ1) is 16.4. The first-order valence-corrected chi connectivity index (χ1v) is 10.8. The van der Waals surface area contributed by atoms with Crippen LogP contribution in [0.3, 0.4) is 0 Å². The van der Waals surface area contributed by atoms with Gasteiger partial charge < -0.3 is 48.5 Å². The lowest BCUT2D eigenvalue weighted by atomic mass is 10.0. The van der Waals surface area contributed by atoms with Crippen LogP contribution in [0.1, 0.15) is 25.3 Å². The summed E-state index contributed by atoms with van der Waals surface area (Å²) < 4.78 is 0. The van der Waals surface area contributed by atoms with Crippen LogP contribution in [0.2, 0.25) is 0 Å². The van der Waals surface area contributed by atoms with Crippen LogP contribution in [0.5, 0.6) is 5.75 Å². The lowest BCUT2D eigenvalue weighted by Crippen LogP contribution is -2.59. The molecule has 1 aromatic carbocycles. The number of benzene rings is 1. The first kappa shape index (κ1) is 29.1. The highest BCUT2D eigenvalue weighted by atomic mass is 16.4. The molecule has 12 N–H and O–H groups in total. The van der Waals surface area contributed by atoms with E-state index < -0.39 is 54.5 Å². The second-order valence-electron chi connectivity index (χ2n) is 7.83. The summed E-state index contributed by atoms with van der Waals surface area (Å²) in [6, 6.07) is 2.12. The zero-order chi connectivity index (χ0) is 26.5. The fourth-order valence-electron chi connectivity index (χ4n) is 2.94. The van der Waals surface area contributed by atoms with Gasteiger partial charge in [-0.25, -0.2) is 0 Å². The molecule has 0 aliphatic rings. The number of carbonyl (C=O) groups is 4. The number of phenols is 1. The quantitative estimate of drug-likeness (QED) is 0.0712. The minimum atomic E-state index is -1.44. The Hall–Kier alpha value is -3.91. The van der Waals surface area contributed by atoms with Gasteiger partial charge in [-0.3, -0.25) is 24.2 Å². The SMILES string of the molecule is CC(O)C(NC(=O)C(N)CCCN=C(N)N)C(=O)NC(Cc1ccc(O)cc1)C(=O)NCC(=O)O. The van der Waals surface area contributed by atoms with Crippen LogP contribution in [0.25, 0.3) is 0 Å². The Morgan fingerprint density at radius 3 is 2.20 bits per heavy atom. The normalized spacial score (nSPS) is 14.0. The fraction of sp³-hybridized carbons (Fsp3) is 0.476. The van der Waals surface area contributed by atoms with E-state index in [-0.39, 0.29) is 31.1 Å². The molecule has 3 amide bonds. The largest absolute Gasteiger partial charge is 0.508 e. The number of guanidine groups is 1. The number of nitrogens with zero attached hydrogens (tertiary/aromatic N) is 1. The number of nitrogens with one attached hydrogen (secondary N) is 3. The highest BCUT2D eigenvalue weighted by Crippen LogP contribution is 2.12. The third-order valence-electron chi connectivity index (χ3n) is 4.79. The number of hydrogen-bond acceptors (Lipinski definition) is 8. The zero-order valence-electron chi connectivity index (χ0n) is 19.3. The van der Waals surface area contributed by atoms with Gasteiger partial charge in [0.2, 0.25) is 17.7 Å². The zero-order valence-corrected chi connectivity index (χ0v) is 19.3. The van der Waals surface area contributed by atoms with Crippen molar-refractivity contribution in [3.63, 3.8) is 0 Å². The fourth-order valence-corrected chi connectivity index (χ4v) is 2.94. The molecule has 14 heteroatoms. The summed E-state index contributed by atoms with van der Waals surface area (Å²) >= 11 is 0. The van der Waals surface area contributed by atoms with Crippen molar-refractivity contribution in [2.75, 3.05) is 13.1 Å². The molecule has 1 rings (SSSR count). The summed E-state index contributed by atoms with van der Waals surface area (Å²) in [4.78, 5) is 52.4. The van der Waals surface area contributed by atoms with Crippen LogP contribution in [-0.2, 0) is 25.6 Å². The molecule has 0 aliphatic heterocycles. The second-order valence-corrected chi connectivity index (χ2v) is 7.83. The predicted molar refractivity (Wildman–Crippen MR) is 126 cm³/mol. The monoisotopic (exact) mass is 495 g/mol. The topological polar surface area (TPSA) is 255 Å². The average Bonchev–Trinajstić information content (AvgIpc) is 2.78. The van der Waals surface area contributed by atoms with Crippen molar-refractivity contribution in [3.8, 4) is 5.75 Å². The summed E-state index contributed by atoms with van der Waals surface area (Å²) in [6.07, 6.45) is -0.791. The second kappa shape index (κ2) is 14.4. The number of aliphatic hydroxyl groups is 1. The maximum Gasteiger partial charge on any atom is 0.322 e. The number of rotatable bonds is 14. The Morgan fingerprint density at radius 2 is 1.66 bits per heavy atom. The maximum atomic E-state index is 12.9. The van der Waals surface area contributed by atoms with Crippen LogP contribution in [0, 0.1) is 0 Å². The number of phenolic OH excluding ortho intramolecular Hbond substituents is 1. The molecular weight excluding hydrogens is 462 g/mol. The van der Waals surface area contributed by atoms with Gasteiger partial charge in [0.1, 0.15) is 24.4 Å². The number of aliphatic carboxylic acids is 1. The van der Waals surface area contributed by atoms with Gasteiger partial charge in [0.05, 0.1) is 12.1 Å². The molecule has 0 heterocycles. The van der Waals surface area contributed by atoms with Crippen molar-refractivity contribution in [3.05, 3.63) is 29.8 Å². The van der Waals surface area contributed by atoms with E-state index in [0.717, 1.165) is 0 Å². The Balaban J connectivity index is 2.89. The summed E-state index contributed by atoms with van der Waals surface area (Å²) in [5.74, 6) is -3.76.